The van der Waals surface area contributed by atoms with Gasteiger partial charge in [0.25, 0.3) is 0 Å². The van der Waals surface area contributed by atoms with Crippen molar-refractivity contribution in [3.8, 4) is 0 Å². The van der Waals surface area contributed by atoms with Gasteiger partial charge in [0.2, 0.25) is 5.91 Å². The molecule has 0 aliphatic carbocycles. The minimum atomic E-state index is 0.221. The van der Waals surface area contributed by atoms with Gasteiger partial charge in [-0.15, -0.1) is 0 Å². The molecule has 64 valence electrons. The van der Waals surface area contributed by atoms with Crippen LogP contribution in [0.1, 0.15) is 26.2 Å². The summed E-state index contributed by atoms with van der Waals surface area (Å²) in [7, 11) is 0. The maximum absolute atomic E-state index is 11.0. The lowest BCUT2D eigenvalue weighted by atomic mass is 9.88. The number of carbonyl (C=O) groups excluding carboxylic acids is 1. The van der Waals surface area contributed by atoms with Crippen molar-refractivity contribution < 1.29 is 4.79 Å². The first-order chi connectivity index (χ1) is 5.16. The van der Waals surface area contributed by atoms with Gasteiger partial charge in [0.05, 0.1) is 0 Å². The van der Waals surface area contributed by atoms with Crippen molar-refractivity contribution in [2.75, 3.05) is 11.0 Å². The average Bonchev–Trinajstić information content (AvgIpc) is 2.15. The molecule has 2 nitrogen and oxygen atoms in total. The van der Waals surface area contributed by atoms with Crippen LogP contribution in [0.3, 0.4) is 0 Å². The Hall–Kier alpha value is 0.200. The molecule has 3 heteroatoms. The minimum absolute atomic E-state index is 0.221. The molecule has 0 aromatic rings. The highest BCUT2D eigenvalue weighted by molar-refractivity contribution is 14.1. The minimum Gasteiger partial charge on any atom is -0.356 e. The summed E-state index contributed by atoms with van der Waals surface area (Å²) in [5, 5.41) is 2.94. The van der Waals surface area contributed by atoms with Crippen molar-refractivity contribution in [1.82, 2.24) is 5.32 Å². The SMILES string of the molecule is CC1(CI)CCCC(=O)NC1. The highest BCUT2D eigenvalue weighted by atomic mass is 127. The van der Waals surface area contributed by atoms with Crippen LogP contribution in [-0.2, 0) is 4.79 Å². The van der Waals surface area contributed by atoms with E-state index in [1.165, 1.54) is 6.42 Å². The van der Waals surface area contributed by atoms with Crippen molar-refractivity contribution in [1.29, 1.82) is 0 Å². The van der Waals surface area contributed by atoms with E-state index in [2.05, 4.69) is 34.8 Å². The van der Waals surface area contributed by atoms with E-state index < -0.39 is 0 Å². The van der Waals surface area contributed by atoms with Crippen LogP contribution in [0.15, 0.2) is 0 Å². The van der Waals surface area contributed by atoms with Gasteiger partial charge in [-0.05, 0) is 18.3 Å². The van der Waals surface area contributed by atoms with Crippen molar-refractivity contribution >= 4 is 28.5 Å². The van der Waals surface area contributed by atoms with Crippen LogP contribution < -0.4 is 5.32 Å². The van der Waals surface area contributed by atoms with Crippen molar-refractivity contribution in [3.05, 3.63) is 0 Å². The van der Waals surface area contributed by atoms with Gasteiger partial charge in [-0.1, -0.05) is 29.5 Å². The van der Waals surface area contributed by atoms with E-state index in [1.54, 1.807) is 0 Å². The number of hydrogen-bond acceptors (Lipinski definition) is 1. The molecule has 0 bridgehead atoms. The van der Waals surface area contributed by atoms with E-state index in [-0.39, 0.29) is 5.91 Å². The van der Waals surface area contributed by atoms with Gasteiger partial charge in [0.15, 0.2) is 0 Å². The Morgan fingerprint density at radius 1 is 1.73 bits per heavy atom. The maximum atomic E-state index is 11.0. The van der Waals surface area contributed by atoms with Crippen LogP contribution >= 0.6 is 22.6 Å². The lowest BCUT2D eigenvalue weighted by molar-refractivity contribution is -0.120. The molecule has 0 spiro atoms. The maximum Gasteiger partial charge on any atom is 0.220 e. The molecule has 11 heavy (non-hydrogen) atoms. The molecule has 0 aromatic heterocycles. The summed E-state index contributed by atoms with van der Waals surface area (Å²) in [6.45, 7) is 3.10. The Morgan fingerprint density at radius 3 is 3.09 bits per heavy atom. The zero-order valence-corrected chi connectivity index (χ0v) is 8.98. The summed E-state index contributed by atoms with van der Waals surface area (Å²) in [5.74, 6) is 0.221. The van der Waals surface area contributed by atoms with Crippen molar-refractivity contribution in [3.63, 3.8) is 0 Å². The molecular formula is C8H14INO. The Balaban J connectivity index is 2.52. The van der Waals surface area contributed by atoms with E-state index in [4.69, 9.17) is 0 Å². The topological polar surface area (TPSA) is 29.1 Å². The molecule has 1 aliphatic rings. The zero-order valence-electron chi connectivity index (χ0n) is 6.82. The summed E-state index contributed by atoms with van der Waals surface area (Å²) in [5.41, 5.74) is 0.340. The highest BCUT2D eigenvalue weighted by Crippen LogP contribution is 2.27. The standard InChI is InChI=1S/C8H14INO/c1-8(5-9)4-2-3-7(11)10-6-8/h2-6H2,1H3,(H,10,11). The molecule has 1 amide bonds. The van der Waals surface area contributed by atoms with Crippen LogP contribution in [-0.4, -0.2) is 16.9 Å². The van der Waals surface area contributed by atoms with Crippen molar-refractivity contribution in [2.45, 2.75) is 26.2 Å². The summed E-state index contributed by atoms with van der Waals surface area (Å²) in [6, 6.07) is 0. The molecule has 0 radical (unpaired) electrons. The lowest BCUT2D eigenvalue weighted by Crippen LogP contribution is -2.33. The van der Waals surface area contributed by atoms with Crippen molar-refractivity contribution in [2.24, 2.45) is 5.41 Å². The second-order valence-corrected chi connectivity index (χ2v) is 4.34. The van der Waals surface area contributed by atoms with E-state index in [0.29, 0.717) is 11.8 Å². The Bertz CT molecular complexity index is 160. The van der Waals surface area contributed by atoms with Crippen LogP contribution in [0, 0.1) is 5.41 Å². The summed E-state index contributed by atoms with van der Waals surface area (Å²) < 4.78 is 1.13. The zero-order chi connectivity index (χ0) is 8.32. The number of halogens is 1. The summed E-state index contributed by atoms with van der Waals surface area (Å²) in [6.07, 6.45) is 2.94. The fourth-order valence-electron chi connectivity index (χ4n) is 1.28. The van der Waals surface area contributed by atoms with E-state index in [9.17, 15) is 4.79 Å². The molecule has 0 saturated carbocycles. The lowest BCUT2D eigenvalue weighted by Gasteiger charge is -2.24. The normalized spacial score (nSPS) is 32.7. The molecule has 1 rings (SSSR count). The van der Waals surface area contributed by atoms with Gasteiger partial charge in [-0.25, -0.2) is 0 Å². The smallest absolute Gasteiger partial charge is 0.220 e. The van der Waals surface area contributed by atoms with Crippen LogP contribution in [0.2, 0.25) is 0 Å². The number of alkyl halides is 1. The molecule has 1 heterocycles. The van der Waals surface area contributed by atoms with Gasteiger partial charge in [0.1, 0.15) is 0 Å². The molecular weight excluding hydrogens is 253 g/mol. The van der Waals surface area contributed by atoms with Crippen LogP contribution in [0.5, 0.6) is 0 Å². The Morgan fingerprint density at radius 2 is 2.45 bits per heavy atom. The molecule has 1 atom stereocenters. The van der Waals surface area contributed by atoms with Gasteiger partial charge < -0.3 is 5.32 Å². The molecule has 1 fully saturated rings. The van der Waals surface area contributed by atoms with E-state index in [0.717, 1.165) is 17.4 Å². The quantitative estimate of drug-likeness (QED) is 0.569. The number of nitrogens with one attached hydrogen (secondary N) is 1. The Kier molecular flexibility index (Phi) is 3.16. The first kappa shape index (κ1) is 9.29. The third-order valence-corrected chi connectivity index (χ3v) is 4.06. The highest BCUT2D eigenvalue weighted by Gasteiger charge is 2.25. The predicted molar refractivity (Wildman–Crippen MR) is 53.9 cm³/mol. The second kappa shape index (κ2) is 3.74. The number of hydrogen-bond donors (Lipinski definition) is 1. The van der Waals surface area contributed by atoms with Gasteiger partial charge in [0, 0.05) is 17.4 Å². The summed E-state index contributed by atoms with van der Waals surface area (Å²) >= 11 is 2.40. The molecule has 1 aliphatic heterocycles. The molecule has 1 N–H and O–H groups in total. The van der Waals surface area contributed by atoms with Gasteiger partial charge in [-0.2, -0.15) is 0 Å². The second-order valence-electron chi connectivity index (χ2n) is 3.57. The van der Waals surface area contributed by atoms with Gasteiger partial charge >= 0.3 is 0 Å². The monoisotopic (exact) mass is 267 g/mol. The number of carbonyl (C=O) groups is 1. The first-order valence-electron chi connectivity index (χ1n) is 3.99. The fourth-order valence-corrected chi connectivity index (χ4v) is 1.93. The molecule has 1 unspecified atom stereocenters. The van der Waals surface area contributed by atoms with E-state index >= 15 is 0 Å². The number of rotatable bonds is 1. The number of amides is 1. The molecule has 1 saturated heterocycles. The molecule has 0 aromatic carbocycles. The summed E-state index contributed by atoms with van der Waals surface area (Å²) in [4.78, 5) is 11.0. The van der Waals surface area contributed by atoms with Gasteiger partial charge in [-0.3, -0.25) is 4.79 Å². The van der Waals surface area contributed by atoms with Crippen LogP contribution in [0.25, 0.3) is 0 Å². The Labute approximate surface area is 81.3 Å². The first-order valence-corrected chi connectivity index (χ1v) is 5.51. The van der Waals surface area contributed by atoms with Crippen LogP contribution in [0.4, 0.5) is 0 Å². The third kappa shape index (κ3) is 2.61. The fraction of sp³-hybridized carbons (Fsp3) is 0.875. The average molecular weight is 267 g/mol. The predicted octanol–water partition coefficient (Wildman–Crippen LogP) is 1.73. The third-order valence-electron chi connectivity index (χ3n) is 2.22. The largest absolute Gasteiger partial charge is 0.356 e. The van der Waals surface area contributed by atoms with E-state index in [1.807, 2.05) is 0 Å².